The monoisotopic (exact) mass is 304 g/mol. The molecule has 0 aromatic heterocycles. The fourth-order valence-electron chi connectivity index (χ4n) is 2.02. The lowest BCUT2D eigenvalue weighted by Crippen LogP contribution is -2.12. The van der Waals surface area contributed by atoms with Crippen LogP contribution in [0.4, 0.5) is 8.78 Å². The molecule has 0 amide bonds. The number of ether oxygens (including phenoxy) is 1. The molecule has 4 heteroatoms. The molecule has 0 unspecified atom stereocenters. The molecule has 0 heterocycles. The van der Waals surface area contributed by atoms with Gasteiger partial charge in [0.2, 0.25) is 0 Å². The van der Waals surface area contributed by atoms with E-state index in [4.69, 9.17) is 4.74 Å². The molecule has 0 spiro atoms. The highest BCUT2D eigenvalue weighted by molar-refractivity contribution is 5.73. The first-order chi connectivity index (χ1) is 10.5. The fraction of sp³-hybridized carbons (Fsp3) is 0.278. The third kappa shape index (κ3) is 4.13. The second-order valence-corrected chi connectivity index (χ2v) is 5.35. The van der Waals surface area contributed by atoms with E-state index in [9.17, 15) is 13.6 Å². The van der Waals surface area contributed by atoms with Gasteiger partial charge in [0.1, 0.15) is 5.82 Å². The Morgan fingerprint density at radius 2 is 1.86 bits per heavy atom. The Balaban J connectivity index is 2.15. The van der Waals surface area contributed by atoms with E-state index in [1.54, 1.807) is 18.2 Å². The molecule has 0 aliphatic carbocycles. The van der Waals surface area contributed by atoms with Gasteiger partial charge in [0.15, 0.2) is 11.6 Å². The van der Waals surface area contributed by atoms with Crippen LogP contribution in [0.1, 0.15) is 26.7 Å². The van der Waals surface area contributed by atoms with Crippen LogP contribution in [0.3, 0.4) is 0 Å². The standard InChI is InChI=1S/C18H18F2O2/c1-3-12(2)9-18(21)22-17-8-7-14(11-16(17)20)13-5-4-6-15(19)10-13/h4-8,10-12H,3,9H2,1-2H3/t12-/m0/s1. The minimum atomic E-state index is -0.640. The van der Waals surface area contributed by atoms with Gasteiger partial charge in [-0.2, -0.15) is 0 Å². The van der Waals surface area contributed by atoms with Crippen molar-refractivity contribution >= 4 is 5.97 Å². The molecular formula is C18H18F2O2. The van der Waals surface area contributed by atoms with Crippen molar-refractivity contribution in [1.82, 2.24) is 0 Å². The van der Waals surface area contributed by atoms with E-state index >= 15 is 0 Å². The summed E-state index contributed by atoms with van der Waals surface area (Å²) < 4.78 is 32.3. The van der Waals surface area contributed by atoms with Gasteiger partial charge in [0, 0.05) is 6.42 Å². The minimum Gasteiger partial charge on any atom is -0.423 e. The molecule has 1 atom stereocenters. The summed E-state index contributed by atoms with van der Waals surface area (Å²) in [4.78, 5) is 11.7. The summed E-state index contributed by atoms with van der Waals surface area (Å²) in [6, 6.07) is 10.1. The smallest absolute Gasteiger partial charge is 0.311 e. The Bertz CT molecular complexity index is 668. The maximum atomic E-state index is 14.0. The molecule has 0 aliphatic heterocycles. The average Bonchev–Trinajstić information content (AvgIpc) is 2.49. The second-order valence-electron chi connectivity index (χ2n) is 5.35. The molecule has 2 rings (SSSR count). The third-order valence-electron chi connectivity index (χ3n) is 3.53. The number of carbonyl (C=O) groups excluding carboxylic acids is 1. The van der Waals surface area contributed by atoms with Crippen LogP contribution in [0.5, 0.6) is 5.75 Å². The number of carbonyl (C=O) groups is 1. The van der Waals surface area contributed by atoms with Crippen molar-refractivity contribution in [2.75, 3.05) is 0 Å². The first-order valence-electron chi connectivity index (χ1n) is 7.25. The first-order valence-corrected chi connectivity index (χ1v) is 7.25. The molecular weight excluding hydrogens is 286 g/mol. The second kappa shape index (κ2) is 7.16. The maximum absolute atomic E-state index is 14.0. The molecule has 0 bridgehead atoms. The lowest BCUT2D eigenvalue weighted by molar-refractivity contribution is -0.135. The summed E-state index contributed by atoms with van der Waals surface area (Å²) in [5.74, 6) is -1.39. The van der Waals surface area contributed by atoms with Crippen LogP contribution in [-0.2, 0) is 4.79 Å². The number of hydrogen-bond donors (Lipinski definition) is 0. The molecule has 116 valence electrons. The number of hydrogen-bond acceptors (Lipinski definition) is 2. The topological polar surface area (TPSA) is 26.3 Å². The fourth-order valence-corrected chi connectivity index (χ4v) is 2.02. The van der Waals surface area contributed by atoms with Crippen molar-refractivity contribution < 1.29 is 18.3 Å². The van der Waals surface area contributed by atoms with Crippen molar-refractivity contribution in [3.63, 3.8) is 0 Å². The lowest BCUT2D eigenvalue weighted by Gasteiger charge is -2.10. The van der Waals surface area contributed by atoms with E-state index in [0.717, 1.165) is 6.42 Å². The zero-order valence-corrected chi connectivity index (χ0v) is 12.6. The molecule has 2 aromatic rings. The quantitative estimate of drug-likeness (QED) is 0.575. The first kappa shape index (κ1) is 16.1. The van der Waals surface area contributed by atoms with Gasteiger partial charge >= 0.3 is 5.97 Å². The van der Waals surface area contributed by atoms with Crippen molar-refractivity contribution in [3.8, 4) is 16.9 Å². The largest absolute Gasteiger partial charge is 0.423 e. The van der Waals surface area contributed by atoms with E-state index in [1.165, 1.54) is 24.3 Å². The maximum Gasteiger partial charge on any atom is 0.311 e. The number of halogens is 2. The Labute approximate surface area is 128 Å². The highest BCUT2D eigenvalue weighted by atomic mass is 19.1. The summed E-state index contributed by atoms with van der Waals surface area (Å²) in [5.41, 5.74) is 1.09. The summed E-state index contributed by atoms with van der Waals surface area (Å²) in [6.07, 6.45) is 1.11. The SMILES string of the molecule is CC[C@H](C)CC(=O)Oc1ccc(-c2cccc(F)c2)cc1F. The van der Waals surface area contributed by atoms with E-state index in [2.05, 4.69) is 0 Å². The van der Waals surface area contributed by atoms with Crippen molar-refractivity contribution in [3.05, 3.63) is 54.1 Å². The highest BCUT2D eigenvalue weighted by Gasteiger charge is 2.13. The molecule has 0 radical (unpaired) electrons. The molecule has 0 aliphatic rings. The van der Waals surface area contributed by atoms with E-state index in [0.29, 0.717) is 11.1 Å². The third-order valence-corrected chi connectivity index (χ3v) is 3.53. The molecule has 0 saturated carbocycles. The molecule has 0 saturated heterocycles. The van der Waals surface area contributed by atoms with Crippen molar-refractivity contribution in [1.29, 1.82) is 0 Å². The predicted molar refractivity (Wildman–Crippen MR) is 81.5 cm³/mol. The van der Waals surface area contributed by atoms with Crippen molar-refractivity contribution in [2.45, 2.75) is 26.7 Å². The zero-order valence-electron chi connectivity index (χ0n) is 12.6. The van der Waals surface area contributed by atoms with Gasteiger partial charge in [0.05, 0.1) is 0 Å². The summed E-state index contributed by atoms with van der Waals surface area (Å²) in [7, 11) is 0. The van der Waals surface area contributed by atoms with Crippen LogP contribution in [0.25, 0.3) is 11.1 Å². The normalized spacial score (nSPS) is 12.0. The Kier molecular flexibility index (Phi) is 5.26. The van der Waals surface area contributed by atoms with Gasteiger partial charge in [-0.3, -0.25) is 4.79 Å². The molecule has 0 fully saturated rings. The van der Waals surface area contributed by atoms with Gasteiger partial charge in [-0.1, -0.05) is 38.5 Å². The zero-order chi connectivity index (χ0) is 16.1. The van der Waals surface area contributed by atoms with E-state index in [-0.39, 0.29) is 23.9 Å². The van der Waals surface area contributed by atoms with Gasteiger partial charge in [-0.15, -0.1) is 0 Å². The van der Waals surface area contributed by atoms with E-state index < -0.39 is 11.8 Å². The Hall–Kier alpha value is -2.23. The predicted octanol–water partition coefficient (Wildman–Crippen LogP) is 4.97. The number of rotatable bonds is 5. The van der Waals surface area contributed by atoms with Crippen LogP contribution in [0, 0.1) is 17.6 Å². The van der Waals surface area contributed by atoms with Crippen LogP contribution in [-0.4, -0.2) is 5.97 Å². The highest BCUT2D eigenvalue weighted by Crippen LogP contribution is 2.26. The minimum absolute atomic E-state index is 0.103. The molecule has 2 aromatic carbocycles. The summed E-state index contributed by atoms with van der Waals surface area (Å²) >= 11 is 0. The Morgan fingerprint density at radius 3 is 2.50 bits per heavy atom. The molecule has 2 nitrogen and oxygen atoms in total. The average molecular weight is 304 g/mol. The van der Waals surface area contributed by atoms with Crippen LogP contribution in [0.2, 0.25) is 0 Å². The lowest BCUT2D eigenvalue weighted by atomic mass is 10.0. The summed E-state index contributed by atoms with van der Waals surface area (Å²) in [6.45, 7) is 3.91. The summed E-state index contributed by atoms with van der Waals surface area (Å²) in [5, 5.41) is 0. The van der Waals surface area contributed by atoms with Crippen LogP contribution in [0.15, 0.2) is 42.5 Å². The van der Waals surface area contributed by atoms with Gasteiger partial charge in [-0.25, -0.2) is 8.78 Å². The van der Waals surface area contributed by atoms with E-state index in [1.807, 2.05) is 13.8 Å². The van der Waals surface area contributed by atoms with Gasteiger partial charge in [-0.05, 0) is 41.3 Å². The van der Waals surface area contributed by atoms with Gasteiger partial charge < -0.3 is 4.74 Å². The van der Waals surface area contributed by atoms with Gasteiger partial charge in [0.25, 0.3) is 0 Å². The number of esters is 1. The molecule has 0 N–H and O–H groups in total. The molecule has 22 heavy (non-hydrogen) atoms. The van der Waals surface area contributed by atoms with Crippen LogP contribution < -0.4 is 4.74 Å². The van der Waals surface area contributed by atoms with Crippen molar-refractivity contribution in [2.24, 2.45) is 5.92 Å². The Morgan fingerprint density at radius 1 is 1.14 bits per heavy atom. The van der Waals surface area contributed by atoms with Crippen LogP contribution >= 0.6 is 0 Å². The number of benzene rings is 2.